The lowest BCUT2D eigenvalue weighted by molar-refractivity contribution is -0.149. The lowest BCUT2D eigenvalue weighted by Crippen LogP contribution is -2.33. The van der Waals surface area contributed by atoms with Crippen molar-refractivity contribution in [2.75, 3.05) is 6.54 Å². The zero-order valence-electron chi connectivity index (χ0n) is 11.3. The third-order valence-corrected chi connectivity index (χ3v) is 3.71. The van der Waals surface area contributed by atoms with Gasteiger partial charge in [-0.15, -0.1) is 0 Å². The fourth-order valence-electron chi connectivity index (χ4n) is 2.62. The number of aliphatic carboxylic acids is 1. The summed E-state index contributed by atoms with van der Waals surface area (Å²) >= 11 is 0. The minimum absolute atomic E-state index is 0.178. The number of fused-ring (bicyclic) bond motifs is 1. The van der Waals surface area contributed by atoms with Gasteiger partial charge in [-0.05, 0) is 31.0 Å². The summed E-state index contributed by atoms with van der Waals surface area (Å²) in [5.74, 6) is -1.12. The molecule has 0 spiro atoms. The Morgan fingerprint density at radius 3 is 2.95 bits per heavy atom. The molecule has 0 bridgehead atoms. The molecule has 0 saturated carbocycles. The van der Waals surface area contributed by atoms with Crippen molar-refractivity contribution < 1.29 is 19.4 Å². The van der Waals surface area contributed by atoms with E-state index in [1.165, 1.54) is 0 Å². The summed E-state index contributed by atoms with van der Waals surface area (Å²) in [5, 5.41) is 12.5. The lowest BCUT2D eigenvalue weighted by Gasteiger charge is -2.12. The second-order valence-electron chi connectivity index (χ2n) is 5.12. The van der Waals surface area contributed by atoms with Gasteiger partial charge in [0.1, 0.15) is 0 Å². The molecule has 1 aromatic heterocycles. The molecule has 21 heavy (non-hydrogen) atoms. The molecule has 1 fully saturated rings. The van der Waals surface area contributed by atoms with Crippen molar-refractivity contribution >= 4 is 22.8 Å². The van der Waals surface area contributed by atoms with Gasteiger partial charge in [-0.25, -0.2) is 4.79 Å². The molecule has 1 amide bonds. The molecule has 2 unspecified atom stereocenters. The number of aromatic nitrogens is 1. The van der Waals surface area contributed by atoms with Crippen LogP contribution < -0.4 is 5.32 Å². The maximum atomic E-state index is 12.2. The summed E-state index contributed by atoms with van der Waals surface area (Å²) in [5.41, 5.74) is 1.51. The van der Waals surface area contributed by atoms with Gasteiger partial charge in [0.05, 0.1) is 6.10 Å². The highest BCUT2D eigenvalue weighted by Crippen LogP contribution is 2.20. The molecule has 110 valence electrons. The van der Waals surface area contributed by atoms with E-state index in [-0.39, 0.29) is 12.0 Å². The van der Waals surface area contributed by atoms with Gasteiger partial charge in [-0.1, -0.05) is 6.07 Å². The summed E-state index contributed by atoms with van der Waals surface area (Å²) in [7, 11) is 0. The highest BCUT2D eigenvalue weighted by molar-refractivity contribution is 6.06. The van der Waals surface area contributed by atoms with Crippen LogP contribution in [-0.4, -0.2) is 40.7 Å². The van der Waals surface area contributed by atoms with E-state index in [4.69, 9.17) is 9.84 Å². The van der Waals surface area contributed by atoms with Crippen LogP contribution in [0.3, 0.4) is 0 Å². The van der Waals surface area contributed by atoms with Crippen LogP contribution in [0.4, 0.5) is 0 Å². The normalized spacial score (nSPS) is 21.5. The summed E-state index contributed by atoms with van der Waals surface area (Å²) < 4.78 is 5.36. The molecular weight excluding hydrogens is 272 g/mol. The molecular formula is C15H16N2O4. The van der Waals surface area contributed by atoms with Gasteiger partial charge in [0.25, 0.3) is 5.91 Å². The molecule has 2 aromatic rings. The van der Waals surface area contributed by atoms with Gasteiger partial charge < -0.3 is 20.1 Å². The second-order valence-corrected chi connectivity index (χ2v) is 5.12. The third kappa shape index (κ3) is 2.75. The molecule has 1 saturated heterocycles. The van der Waals surface area contributed by atoms with Crippen LogP contribution in [0.25, 0.3) is 10.9 Å². The Balaban J connectivity index is 1.62. The van der Waals surface area contributed by atoms with Crippen molar-refractivity contribution in [3.8, 4) is 0 Å². The summed E-state index contributed by atoms with van der Waals surface area (Å²) in [6, 6.07) is 7.35. The maximum Gasteiger partial charge on any atom is 0.332 e. The number of nitrogens with one attached hydrogen (secondary N) is 2. The minimum atomic E-state index is -0.944. The van der Waals surface area contributed by atoms with E-state index < -0.39 is 12.1 Å². The molecule has 2 heterocycles. The quantitative estimate of drug-likeness (QED) is 0.795. The van der Waals surface area contributed by atoms with E-state index in [9.17, 15) is 9.59 Å². The first-order valence-corrected chi connectivity index (χ1v) is 6.87. The van der Waals surface area contributed by atoms with Gasteiger partial charge in [0, 0.05) is 29.2 Å². The molecule has 3 N–H and O–H groups in total. The third-order valence-electron chi connectivity index (χ3n) is 3.71. The lowest BCUT2D eigenvalue weighted by atomic mass is 10.1. The van der Waals surface area contributed by atoms with Crippen LogP contribution in [0.1, 0.15) is 23.2 Å². The minimum Gasteiger partial charge on any atom is -0.479 e. The standard InChI is InChI=1S/C15H16N2O4/c18-14(11-2-1-3-12-10(11)6-7-16-12)17-8-9-4-5-13(21-9)15(19)20/h1-3,6-7,9,13,16H,4-5,8H2,(H,17,18)(H,19,20). The molecule has 0 aliphatic carbocycles. The van der Waals surface area contributed by atoms with E-state index in [0.717, 1.165) is 10.9 Å². The number of aromatic amines is 1. The zero-order chi connectivity index (χ0) is 14.8. The number of benzene rings is 1. The molecule has 6 heteroatoms. The fourth-order valence-corrected chi connectivity index (χ4v) is 2.62. The first-order chi connectivity index (χ1) is 10.1. The largest absolute Gasteiger partial charge is 0.479 e. The number of ether oxygens (including phenoxy) is 1. The number of carbonyl (C=O) groups excluding carboxylic acids is 1. The van der Waals surface area contributed by atoms with Gasteiger partial charge in [-0.2, -0.15) is 0 Å². The number of hydrogen-bond acceptors (Lipinski definition) is 3. The van der Waals surface area contributed by atoms with Crippen LogP contribution in [0, 0.1) is 0 Å². The molecule has 6 nitrogen and oxygen atoms in total. The molecule has 0 radical (unpaired) electrons. The molecule has 1 aliphatic heterocycles. The SMILES string of the molecule is O=C(NCC1CCC(C(=O)O)O1)c1cccc2[nH]ccc12. The van der Waals surface area contributed by atoms with Crippen LogP contribution in [0.2, 0.25) is 0 Å². The van der Waals surface area contributed by atoms with Crippen LogP contribution in [-0.2, 0) is 9.53 Å². The molecule has 3 rings (SSSR count). The van der Waals surface area contributed by atoms with Gasteiger partial charge in [-0.3, -0.25) is 4.79 Å². The molecule has 1 aromatic carbocycles. The number of H-pyrrole nitrogens is 1. The Morgan fingerprint density at radius 1 is 1.33 bits per heavy atom. The van der Waals surface area contributed by atoms with Crippen molar-refractivity contribution in [3.05, 3.63) is 36.0 Å². The van der Waals surface area contributed by atoms with Crippen molar-refractivity contribution in [1.29, 1.82) is 0 Å². The average molecular weight is 288 g/mol. The fraction of sp³-hybridized carbons (Fsp3) is 0.333. The number of carboxylic acid groups (broad SMARTS) is 1. The number of carbonyl (C=O) groups is 2. The van der Waals surface area contributed by atoms with Crippen LogP contribution in [0.5, 0.6) is 0 Å². The number of amides is 1. The number of rotatable bonds is 4. The Bertz CT molecular complexity index is 679. The topological polar surface area (TPSA) is 91.4 Å². The number of hydrogen-bond donors (Lipinski definition) is 3. The monoisotopic (exact) mass is 288 g/mol. The van der Waals surface area contributed by atoms with Crippen LogP contribution >= 0.6 is 0 Å². The van der Waals surface area contributed by atoms with Crippen molar-refractivity contribution in [2.24, 2.45) is 0 Å². The van der Waals surface area contributed by atoms with Crippen molar-refractivity contribution in [1.82, 2.24) is 10.3 Å². The Kier molecular flexibility index (Phi) is 3.62. The summed E-state index contributed by atoms with van der Waals surface area (Å²) in [6.07, 6.45) is 1.94. The van der Waals surface area contributed by atoms with E-state index in [0.29, 0.717) is 24.9 Å². The first kappa shape index (κ1) is 13.6. The maximum absolute atomic E-state index is 12.2. The predicted molar refractivity (Wildman–Crippen MR) is 76.2 cm³/mol. The van der Waals surface area contributed by atoms with Crippen molar-refractivity contribution in [2.45, 2.75) is 25.0 Å². The first-order valence-electron chi connectivity index (χ1n) is 6.87. The van der Waals surface area contributed by atoms with E-state index in [2.05, 4.69) is 10.3 Å². The highest BCUT2D eigenvalue weighted by atomic mass is 16.5. The zero-order valence-corrected chi connectivity index (χ0v) is 11.3. The average Bonchev–Trinajstić information content (AvgIpc) is 3.12. The van der Waals surface area contributed by atoms with E-state index in [1.807, 2.05) is 18.2 Å². The molecule has 1 aliphatic rings. The van der Waals surface area contributed by atoms with Gasteiger partial charge in [0.2, 0.25) is 0 Å². The van der Waals surface area contributed by atoms with Crippen LogP contribution in [0.15, 0.2) is 30.5 Å². The van der Waals surface area contributed by atoms with E-state index in [1.54, 1.807) is 12.3 Å². The smallest absolute Gasteiger partial charge is 0.332 e. The van der Waals surface area contributed by atoms with E-state index >= 15 is 0 Å². The Labute approximate surface area is 121 Å². The molecule has 2 atom stereocenters. The Morgan fingerprint density at radius 2 is 2.19 bits per heavy atom. The number of carboxylic acids is 1. The summed E-state index contributed by atoms with van der Waals surface area (Å²) in [4.78, 5) is 26.1. The van der Waals surface area contributed by atoms with Gasteiger partial charge >= 0.3 is 5.97 Å². The highest BCUT2D eigenvalue weighted by Gasteiger charge is 2.30. The Hall–Kier alpha value is -2.34. The predicted octanol–water partition coefficient (Wildman–Crippen LogP) is 1.53. The second kappa shape index (κ2) is 5.57. The summed E-state index contributed by atoms with van der Waals surface area (Å²) in [6.45, 7) is 0.323. The van der Waals surface area contributed by atoms with Crippen molar-refractivity contribution in [3.63, 3.8) is 0 Å². The van der Waals surface area contributed by atoms with Gasteiger partial charge in [0.15, 0.2) is 6.10 Å².